The van der Waals surface area contributed by atoms with Crippen molar-refractivity contribution in [3.63, 3.8) is 0 Å². The Morgan fingerprint density at radius 3 is 2.41 bits per heavy atom. The highest BCUT2D eigenvalue weighted by atomic mass is 32.2. The zero-order valence-corrected chi connectivity index (χ0v) is 12.1. The fourth-order valence-electron chi connectivity index (χ4n) is 1.47. The summed E-state index contributed by atoms with van der Waals surface area (Å²) in [6, 6.07) is 2.36. The molecule has 0 atom stereocenters. The molecule has 2 rings (SSSR count). The second-order valence-electron chi connectivity index (χ2n) is 3.92. The number of hydrazone groups is 1. The third-order valence-corrected chi connectivity index (χ3v) is 4.11. The van der Waals surface area contributed by atoms with E-state index in [4.69, 9.17) is 9.11 Å². The van der Waals surface area contributed by atoms with E-state index in [2.05, 4.69) is 16.0 Å². The molecule has 0 aliphatic carbocycles. The monoisotopic (exact) mass is 352 g/mol. The van der Waals surface area contributed by atoms with Gasteiger partial charge in [-0.1, -0.05) is 0 Å². The van der Waals surface area contributed by atoms with Gasteiger partial charge >= 0.3 is 0 Å². The van der Waals surface area contributed by atoms with Crippen LogP contribution in [0.3, 0.4) is 0 Å². The lowest BCUT2D eigenvalue weighted by molar-refractivity contribution is 0.239. The summed E-state index contributed by atoms with van der Waals surface area (Å²) in [4.78, 5) is -1.60. The van der Waals surface area contributed by atoms with E-state index in [0.29, 0.717) is 11.3 Å². The maximum absolute atomic E-state index is 13.0. The standard InChI is InChI=1S/C9H9FN4O6S2/c10-9-3-4-11-14(13-9)12-7-2-1-6(21(15,16)17)5-8(7)22(18,19)20/h1-5,12-13H,(H,15,16,17)(H,18,19,20). The summed E-state index contributed by atoms with van der Waals surface area (Å²) < 4.78 is 75.7. The van der Waals surface area contributed by atoms with E-state index in [-0.39, 0.29) is 5.69 Å². The average Bonchev–Trinajstić information content (AvgIpc) is 2.36. The molecule has 22 heavy (non-hydrogen) atoms. The van der Waals surface area contributed by atoms with Crippen LogP contribution in [0.4, 0.5) is 10.1 Å². The third kappa shape index (κ3) is 3.70. The van der Waals surface area contributed by atoms with Gasteiger partial charge in [-0.2, -0.15) is 21.2 Å². The molecule has 4 N–H and O–H groups in total. The molecule has 0 radical (unpaired) electrons. The SMILES string of the molecule is O=S(=O)(O)c1ccc(NN2N=CC=C(F)N2)c(S(=O)(=O)O)c1. The predicted molar refractivity (Wildman–Crippen MR) is 72.4 cm³/mol. The Labute approximate surface area is 124 Å². The Morgan fingerprint density at radius 2 is 1.86 bits per heavy atom. The third-order valence-electron chi connectivity index (χ3n) is 2.37. The summed E-state index contributed by atoms with van der Waals surface area (Å²) >= 11 is 0. The molecule has 0 fully saturated rings. The number of nitrogens with one attached hydrogen (secondary N) is 2. The van der Waals surface area contributed by atoms with Crippen LogP contribution in [-0.2, 0) is 20.2 Å². The van der Waals surface area contributed by atoms with Crippen molar-refractivity contribution in [3.05, 3.63) is 30.2 Å². The van der Waals surface area contributed by atoms with Crippen LogP contribution >= 0.6 is 0 Å². The number of hydrogen-bond donors (Lipinski definition) is 4. The minimum atomic E-state index is -4.83. The fraction of sp³-hybridized carbons (Fsp3) is 0. The first kappa shape index (κ1) is 16.2. The number of anilines is 1. The van der Waals surface area contributed by atoms with Crippen molar-refractivity contribution >= 4 is 32.1 Å². The maximum atomic E-state index is 13.0. The van der Waals surface area contributed by atoms with Crippen LogP contribution in [0.1, 0.15) is 0 Å². The van der Waals surface area contributed by atoms with Gasteiger partial charge in [-0.05, 0) is 18.2 Å². The van der Waals surface area contributed by atoms with Gasteiger partial charge < -0.3 is 0 Å². The molecule has 120 valence electrons. The first-order chi connectivity index (χ1) is 10.1. The highest BCUT2D eigenvalue weighted by molar-refractivity contribution is 7.86. The lowest BCUT2D eigenvalue weighted by Gasteiger charge is -2.23. The van der Waals surface area contributed by atoms with E-state index in [1.54, 1.807) is 0 Å². The summed E-state index contributed by atoms with van der Waals surface area (Å²) in [7, 11) is -9.51. The molecular weight excluding hydrogens is 343 g/mol. The summed E-state index contributed by atoms with van der Waals surface area (Å²) in [6.45, 7) is 0. The van der Waals surface area contributed by atoms with E-state index < -0.39 is 36.0 Å². The Morgan fingerprint density at radius 1 is 1.18 bits per heavy atom. The lowest BCUT2D eigenvalue weighted by atomic mass is 10.3. The summed E-state index contributed by atoms with van der Waals surface area (Å²) in [5.74, 6) is -0.800. The van der Waals surface area contributed by atoms with Crippen molar-refractivity contribution in [1.29, 1.82) is 0 Å². The van der Waals surface area contributed by atoms with Crippen molar-refractivity contribution < 1.29 is 30.3 Å². The molecule has 0 aromatic heterocycles. The zero-order chi connectivity index (χ0) is 16.5. The van der Waals surface area contributed by atoms with Gasteiger partial charge in [-0.25, -0.2) is 5.43 Å². The quantitative estimate of drug-likeness (QED) is 0.438. The molecule has 1 aromatic carbocycles. The van der Waals surface area contributed by atoms with Gasteiger partial charge in [0.05, 0.1) is 16.8 Å². The second-order valence-corrected chi connectivity index (χ2v) is 6.73. The van der Waals surface area contributed by atoms with E-state index in [1.165, 1.54) is 0 Å². The molecule has 1 aliphatic heterocycles. The summed E-state index contributed by atoms with van der Waals surface area (Å²) in [5.41, 5.74) is 4.05. The van der Waals surface area contributed by atoms with Gasteiger partial charge in [0.25, 0.3) is 20.2 Å². The zero-order valence-electron chi connectivity index (χ0n) is 10.5. The molecule has 0 unspecified atom stereocenters. The first-order valence-electron chi connectivity index (χ1n) is 5.39. The van der Waals surface area contributed by atoms with Crippen LogP contribution in [0.2, 0.25) is 0 Å². The molecule has 0 spiro atoms. The molecule has 0 saturated carbocycles. The Bertz CT molecular complexity index is 864. The molecule has 1 heterocycles. The van der Waals surface area contributed by atoms with Crippen molar-refractivity contribution in [1.82, 2.24) is 10.7 Å². The first-order valence-corrected chi connectivity index (χ1v) is 8.27. The van der Waals surface area contributed by atoms with E-state index in [1.807, 2.05) is 0 Å². The number of hydrazine groups is 2. The number of nitrogens with zero attached hydrogens (tertiary/aromatic N) is 2. The van der Waals surface area contributed by atoms with E-state index in [9.17, 15) is 21.2 Å². The van der Waals surface area contributed by atoms with Crippen LogP contribution in [0.25, 0.3) is 0 Å². The summed E-state index contributed by atoms with van der Waals surface area (Å²) in [5, 5.41) is 4.28. The molecule has 0 bridgehead atoms. The second kappa shape index (κ2) is 5.53. The van der Waals surface area contributed by atoms with Crippen LogP contribution in [0.15, 0.2) is 45.1 Å². The normalized spacial score (nSPS) is 15.2. The number of rotatable bonds is 4. The smallest absolute Gasteiger partial charge is 0.282 e. The molecule has 0 amide bonds. The fourth-order valence-corrected chi connectivity index (χ4v) is 2.72. The van der Waals surface area contributed by atoms with Crippen LogP contribution in [0, 0.1) is 0 Å². The van der Waals surface area contributed by atoms with Gasteiger partial charge in [0, 0.05) is 6.08 Å². The van der Waals surface area contributed by atoms with Gasteiger partial charge in [0.2, 0.25) is 5.95 Å². The Kier molecular flexibility index (Phi) is 4.06. The van der Waals surface area contributed by atoms with Crippen molar-refractivity contribution in [2.45, 2.75) is 9.79 Å². The predicted octanol–water partition coefficient (Wildman–Crippen LogP) is 0.124. The molecule has 1 aromatic rings. The topological polar surface area (TPSA) is 148 Å². The van der Waals surface area contributed by atoms with Crippen molar-refractivity contribution in [3.8, 4) is 0 Å². The number of halogens is 1. The summed E-state index contributed by atoms with van der Waals surface area (Å²) in [6.07, 6.45) is 2.04. The minimum absolute atomic E-state index is 0.311. The molecule has 1 aliphatic rings. The lowest BCUT2D eigenvalue weighted by Crippen LogP contribution is -2.38. The Hall–Kier alpha value is -2.22. The Balaban J connectivity index is 2.44. The molecule has 0 saturated heterocycles. The molecular formula is C9H9FN4O6S2. The van der Waals surface area contributed by atoms with Gasteiger partial charge in [0.15, 0.2) is 0 Å². The van der Waals surface area contributed by atoms with Crippen LogP contribution < -0.4 is 10.9 Å². The van der Waals surface area contributed by atoms with Crippen LogP contribution in [-0.4, -0.2) is 37.4 Å². The minimum Gasteiger partial charge on any atom is -0.282 e. The molecule has 13 heteroatoms. The highest BCUT2D eigenvalue weighted by Crippen LogP contribution is 2.25. The number of benzene rings is 1. The van der Waals surface area contributed by atoms with Crippen molar-refractivity contribution in [2.24, 2.45) is 5.10 Å². The van der Waals surface area contributed by atoms with Crippen molar-refractivity contribution in [2.75, 3.05) is 5.43 Å². The molecule has 10 nitrogen and oxygen atoms in total. The van der Waals surface area contributed by atoms with E-state index >= 15 is 0 Å². The van der Waals surface area contributed by atoms with Gasteiger partial charge in [0.1, 0.15) is 4.90 Å². The number of hydrogen-bond acceptors (Lipinski definition) is 8. The largest absolute Gasteiger partial charge is 0.296 e. The highest BCUT2D eigenvalue weighted by Gasteiger charge is 2.22. The van der Waals surface area contributed by atoms with Gasteiger partial charge in [-0.15, -0.1) is 10.3 Å². The van der Waals surface area contributed by atoms with Gasteiger partial charge in [-0.3, -0.25) is 14.5 Å². The van der Waals surface area contributed by atoms with Crippen LogP contribution in [0.5, 0.6) is 0 Å². The average molecular weight is 352 g/mol. The number of allylic oxidation sites excluding steroid dienone is 1. The van der Waals surface area contributed by atoms with E-state index in [0.717, 1.165) is 24.4 Å². The maximum Gasteiger partial charge on any atom is 0.296 e.